The molecule has 0 radical (unpaired) electrons. The van der Waals surface area contributed by atoms with Crippen molar-refractivity contribution in [3.63, 3.8) is 0 Å². The number of aromatic nitrogens is 1. The van der Waals surface area contributed by atoms with Crippen LogP contribution in [0.3, 0.4) is 0 Å². The molecule has 5 N–H and O–H groups in total. The van der Waals surface area contributed by atoms with Crippen LogP contribution in [0.4, 0.5) is 16.5 Å². The van der Waals surface area contributed by atoms with Crippen molar-refractivity contribution in [2.75, 3.05) is 29.5 Å². The van der Waals surface area contributed by atoms with Gasteiger partial charge in [-0.15, -0.1) is 6.58 Å². The third kappa shape index (κ3) is 3.46. The summed E-state index contributed by atoms with van der Waals surface area (Å²) in [5, 5.41) is 18.0. The van der Waals surface area contributed by atoms with Gasteiger partial charge < -0.3 is 25.9 Å². The molecule has 0 saturated heterocycles. The number of nitrogens with zero attached hydrogens (tertiary/aromatic N) is 1. The largest absolute Gasteiger partial charge is 0.506 e. The molecular formula is C21H18N4O2S. The molecule has 2 aromatic carbocycles. The summed E-state index contributed by atoms with van der Waals surface area (Å²) in [5.74, 6) is 6.20. The second-order valence-electron chi connectivity index (χ2n) is 6.05. The molecule has 140 valence electrons. The standard InChI is InChI=1S/C21H18N4O2S/c1-2-8-23-16-12-27-20-14(16)6-3-7-15(20)24-9-4-5-13-10-17(26)19-18(11-13)28-21(22)25-19/h2-3,6-7,10-12,23-24,26H,1,8-9H2,(H2,22,25). The van der Waals surface area contributed by atoms with E-state index >= 15 is 0 Å². The highest BCUT2D eigenvalue weighted by molar-refractivity contribution is 7.22. The number of benzene rings is 2. The summed E-state index contributed by atoms with van der Waals surface area (Å²) in [5.41, 5.74) is 9.49. The highest BCUT2D eigenvalue weighted by atomic mass is 32.1. The predicted molar refractivity (Wildman–Crippen MR) is 116 cm³/mol. The molecule has 0 aliphatic heterocycles. The number of phenols is 1. The summed E-state index contributed by atoms with van der Waals surface area (Å²) in [4.78, 5) is 4.10. The molecule has 2 aromatic heterocycles. The van der Waals surface area contributed by atoms with Crippen molar-refractivity contribution in [3.8, 4) is 17.6 Å². The van der Waals surface area contributed by atoms with Crippen LogP contribution in [-0.2, 0) is 0 Å². The Morgan fingerprint density at radius 2 is 2.18 bits per heavy atom. The van der Waals surface area contributed by atoms with Crippen molar-refractivity contribution in [3.05, 3.63) is 54.8 Å². The lowest BCUT2D eigenvalue weighted by atomic mass is 10.2. The topological polar surface area (TPSA) is 96.3 Å². The van der Waals surface area contributed by atoms with Crippen molar-refractivity contribution in [2.45, 2.75) is 0 Å². The zero-order chi connectivity index (χ0) is 19.5. The van der Waals surface area contributed by atoms with Gasteiger partial charge in [0.25, 0.3) is 0 Å². The van der Waals surface area contributed by atoms with Crippen LogP contribution in [0.1, 0.15) is 5.56 Å². The van der Waals surface area contributed by atoms with Gasteiger partial charge in [0, 0.05) is 17.5 Å². The van der Waals surface area contributed by atoms with Gasteiger partial charge in [0.1, 0.15) is 17.5 Å². The van der Waals surface area contributed by atoms with Gasteiger partial charge in [0.2, 0.25) is 0 Å². The first-order valence-corrected chi connectivity index (χ1v) is 9.44. The molecule has 0 fully saturated rings. The highest BCUT2D eigenvalue weighted by Gasteiger charge is 2.09. The van der Waals surface area contributed by atoms with Crippen molar-refractivity contribution < 1.29 is 9.52 Å². The number of rotatable bonds is 5. The maximum atomic E-state index is 10.1. The Balaban J connectivity index is 1.50. The molecule has 0 atom stereocenters. The number of furan rings is 1. The fraction of sp³-hybridized carbons (Fsp3) is 0.0952. The van der Waals surface area contributed by atoms with Crippen molar-refractivity contribution >= 4 is 49.0 Å². The molecule has 4 rings (SSSR count). The molecule has 0 spiro atoms. The molecule has 7 heteroatoms. The molecular weight excluding hydrogens is 372 g/mol. The summed E-state index contributed by atoms with van der Waals surface area (Å²) in [7, 11) is 0. The van der Waals surface area contributed by atoms with Crippen LogP contribution >= 0.6 is 11.3 Å². The number of nitrogens with two attached hydrogens (primary N) is 1. The van der Waals surface area contributed by atoms with Gasteiger partial charge in [-0.2, -0.15) is 0 Å². The second-order valence-corrected chi connectivity index (χ2v) is 7.11. The predicted octanol–water partition coefficient (Wildman–Crippen LogP) is 4.39. The van der Waals surface area contributed by atoms with Crippen LogP contribution in [0.2, 0.25) is 0 Å². The number of phenolic OH excluding ortho intramolecular Hbond substituents is 1. The number of hydrogen-bond donors (Lipinski definition) is 4. The van der Waals surface area contributed by atoms with Gasteiger partial charge in [-0.25, -0.2) is 4.98 Å². The average molecular weight is 390 g/mol. The van der Waals surface area contributed by atoms with Crippen LogP contribution in [0.15, 0.2) is 53.7 Å². The Hall–Kier alpha value is -3.63. The molecule has 0 aliphatic rings. The van der Waals surface area contributed by atoms with Gasteiger partial charge in [0.15, 0.2) is 10.7 Å². The lowest BCUT2D eigenvalue weighted by Crippen LogP contribution is -1.99. The van der Waals surface area contributed by atoms with Gasteiger partial charge >= 0.3 is 0 Å². The van der Waals surface area contributed by atoms with Crippen LogP contribution in [-0.4, -0.2) is 23.2 Å². The minimum atomic E-state index is 0.0858. The summed E-state index contributed by atoms with van der Waals surface area (Å²) < 4.78 is 6.52. The number of para-hydroxylation sites is 1. The fourth-order valence-electron chi connectivity index (χ4n) is 2.90. The smallest absolute Gasteiger partial charge is 0.181 e. The Bertz CT molecular complexity index is 1230. The first kappa shape index (κ1) is 17.8. The second kappa shape index (κ2) is 7.55. The van der Waals surface area contributed by atoms with E-state index in [1.165, 1.54) is 11.3 Å². The molecule has 0 aliphatic carbocycles. The number of aromatic hydroxyl groups is 1. The van der Waals surface area contributed by atoms with E-state index in [-0.39, 0.29) is 5.75 Å². The van der Waals surface area contributed by atoms with E-state index in [9.17, 15) is 5.11 Å². The monoisotopic (exact) mass is 390 g/mol. The molecule has 0 amide bonds. The van der Waals surface area contributed by atoms with Gasteiger partial charge in [-0.3, -0.25) is 0 Å². The fourth-order valence-corrected chi connectivity index (χ4v) is 3.70. The Morgan fingerprint density at radius 3 is 3.04 bits per heavy atom. The first-order valence-electron chi connectivity index (χ1n) is 8.62. The summed E-state index contributed by atoms with van der Waals surface area (Å²) in [6, 6.07) is 9.38. The zero-order valence-corrected chi connectivity index (χ0v) is 15.8. The molecule has 6 nitrogen and oxygen atoms in total. The van der Waals surface area contributed by atoms with Crippen molar-refractivity contribution in [2.24, 2.45) is 0 Å². The average Bonchev–Trinajstić information content (AvgIpc) is 3.27. The summed E-state index contributed by atoms with van der Waals surface area (Å²) >= 11 is 1.32. The molecule has 0 unspecified atom stereocenters. The van der Waals surface area contributed by atoms with Gasteiger partial charge in [-0.1, -0.05) is 35.3 Å². The molecule has 0 bridgehead atoms. The minimum absolute atomic E-state index is 0.0858. The number of fused-ring (bicyclic) bond motifs is 2. The number of thiazole rings is 1. The van der Waals surface area contributed by atoms with Crippen molar-refractivity contribution in [1.29, 1.82) is 0 Å². The van der Waals surface area contributed by atoms with Crippen LogP contribution < -0.4 is 16.4 Å². The van der Waals surface area contributed by atoms with Gasteiger partial charge in [-0.05, 0) is 24.3 Å². The minimum Gasteiger partial charge on any atom is -0.506 e. The first-order chi connectivity index (χ1) is 13.7. The van der Waals surface area contributed by atoms with E-state index < -0.39 is 0 Å². The summed E-state index contributed by atoms with van der Waals surface area (Å²) in [6.45, 7) is 4.81. The lowest BCUT2D eigenvalue weighted by molar-refractivity contribution is 0.480. The maximum absolute atomic E-state index is 10.1. The highest BCUT2D eigenvalue weighted by Crippen LogP contribution is 2.32. The van der Waals surface area contributed by atoms with E-state index in [1.807, 2.05) is 24.3 Å². The van der Waals surface area contributed by atoms with Crippen LogP contribution in [0.5, 0.6) is 5.75 Å². The Labute approximate surface area is 165 Å². The Kier molecular flexibility index (Phi) is 4.79. The summed E-state index contributed by atoms with van der Waals surface area (Å²) in [6.07, 6.45) is 3.50. The SMILES string of the molecule is C=CCNc1coc2c(NCC#Cc3cc(O)c4nc(N)sc4c3)cccc12. The molecule has 2 heterocycles. The van der Waals surface area contributed by atoms with Crippen molar-refractivity contribution in [1.82, 2.24) is 4.98 Å². The molecule has 0 saturated carbocycles. The quantitative estimate of drug-likeness (QED) is 0.298. The van der Waals surface area contributed by atoms with E-state index in [2.05, 4.69) is 34.0 Å². The number of nitrogen functional groups attached to an aromatic ring is 1. The van der Waals surface area contributed by atoms with Gasteiger partial charge in [0.05, 0.1) is 22.6 Å². The molecule has 28 heavy (non-hydrogen) atoms. The van der Waals surface area contributed by atoms with E-state index in [0.717, 1.165) is 27.0 Å². The lowest BCUT2D eigenvalue weighted by Gasteiger charge is -2.04. The normalized spacial score (nSPS) is 10.6. The zero-order valence-electron chi connectivity index (χ0n) is 15.0. The molecule has 4 aromatic rings. The van der Waals surface area contributed by atoms with E-state index in [0.29, 0.717) is 29.3 Å². The van der Waals surface area contributed by atoms with Crippen LogP contribution in [0, 0.1) is 11.8 Å². The number of anilines is 3. The van der Waals surface area contributed by atoms with E-state index in [4.69, 9.17) is 10.2 Å². The third-order valence-electron chi connectivity index (χ3n) is 4.13. The third-order valence-corrected chi connectivity index (χ3v) is 4.96. The number of hydrogen-bond acceptors (Lipinski definition) is 7. The Morgan fingerprint density at radius 1 is 1.29 bits per heavy atom. The number of nitrogens with one attached hydrogen (secondary N) is 2. The maximum Gasteiger partial charge on any atom is 0.181 e. The van der Waals surface area contributed by atoms with Crippen LogP contribution in [0.25, 0.3) is 21.2 Å². The van der Waals surface area contributed by atoms with E-state index in [1.54, 1.807) is 18.4 Å².